The summed E-state index contributed by atoms with van der Waals surface area (Å²) in [5.41, 5.74) is 1.52. The van der Waals surface area contributed by atoms with E-state index in [0.717, 1.165) is 31.2 Å². The summed E-state index contributed by atoms with van der Waals surface area (Å²) >= 11 is 0. The number of hydrogen-bond acceptors (Lipinski definition) is 3. The zero-order chi connectivity index (χ0) is 13.8. The van der Waals surface area contributed by atoms with Crippen LogP contribution in [0.25, 0.3) is 0 Å². The van der Waals surface area contributed by atoms with E-state index < -0.39 is 0 Å². The highest BCUT2D eigenvalue weighted by Gasteiger charge is 2.25. The second kappa shape index (κ2) is 5.87. The third kappa shape index (κ3) is 3.13. The van der Waals surface area contributed by atoms with Crippen LogP contribution in [-0.2, 0) is 12.8 Å². The minimum absolute atomic E-state index is 0.208. The van der Waals surface area contributed by atoms with Crippen LogP contribution in [0.3, 0.4) is 0 Å². The molecule has 0 fully saturated rings. The van der Waals surface area contributed by atoms with E-state index in [1.807, 2.05) is 0 Å². The molecule has 4 nitrogen and oxygen atoms in total. The van der Waals surface area contributed by atoms with Gasteiger partial charge in [-0.25, -0.2) is 4.79 Å². The Morgan fingerprint density at radius 1 is 1.32 bits per heavy atom. The van der Waals surface area contributed by atoms with Gasteiger partial charge < -0.3 is 9.73 Å². The first-order valence-corrected chi connectivity index (χ1v) is 6.77. The van der Waals surface area contributed by atoms with Gasteiger partial charge in [0.15, 0.2) is 0 Å². The van der Waals surface area contributed by atoms with E-state index in [0.29, 0.717) is 23.4 Å². The molecule has 0 spiro atoms. The Bertz CT molecular complexity index is 557. The molecule has 1 aromatic rings. The Morgan fingerprint density at radius 3 is 2.84 bits per heavy atom. The molecular weight excluding hydrogens is 242 g/mol. The van der Waals surface area contributed by atoms with Crippen LogP contribution < -0.4 is 10.9 Å². The standard InChI is InChI=1S/C15H19NO3/c1-3-4-5-6-7-11-9-13(17)19-12-8-10(2)16-15(18)14(11)12/h9H,2-8H2,1H3,(H,16,18). The van der Waals surface area contributed by atoms with Crippen LogP contribution in [0.1, 0.15) is 54.3 Å². The van der Waals surface area contributed by atoms with Gasteiger partial charge >= 0.3 is 5.63 Å². The van der Waals surface area contributed by atoms with Crippen molar-refractivity contribution in [2.24, 2.45) is 0 Å². The highest BCUT2D eigenvalue weighted by Crippen LogP contribution is 2.21. The van der Waals surface area contributed by atoms with Crippen LogP contribution in [0.4, 0.5) is 0 Å². The highest BCUT2D eigenvalue weighted by atomic mass is 16.4. The number of rotatable bonds is 5. The predicted octanol–water partition coefficient (Wildman–Crippen LogP) is 2.56. The molecule has 2 rings (SSSR count). The fraction of sp³-hybridized carbons (Fsp3) is 0.467. The van der Waals surface area contributed by atoms with Gasteiger partial charge in [0.2, 0.25) is 0 Å². The first-order chi connectivity index (χ1) is 9.11. The number of nitrogens with one attached hydrogen (secondary N) is 1. The Hall–Kier alpha value is -1.84. The molecule has 4 heteroatoms. The third-order valence-electron chi connectivity index (χ3n) is 3.31. The molecule has 0 aliphatic carbocycles. The van der Waals surface area contributed by atoms with E-state index in [-0.39, 0.29) is 11.5 Å². The van der Waals surface area contributed by atoms with Crippen LogP contribution in [0.2, 0.25) is 0 Å². The molecule has 0 unspecified atom stereocenters. The van der Waals surface area contributed by atoms with Crippen molar-refractivity contribution in [2.45, 2.75) is 45.4 Å². The minimum Gasteiger partial charge on any atom is -0.427 e. The Kier molecular flexibility index (Phi) is 4.20. The lowest BCUT2D eigenvalue weighted by molar-refractivity contribution is 0.0952. The second-order valence-electron chi connectivity index (χ2n) is 4.93. The average Bonchev–Trinajstić information content (AvgIpc) is 2.33. The number of hydrogen-bond donors (Lipinski definition) is 1. The van der Waals surface area contributed by atoms with Crippen molar-refractivity contribution in [3.63, 3.8) is 0 Å². The number of amides is 1. The van der Waals surface area contributed by atoms with Crippen LogP contribution in [-0.4, -0.2) is 5.91 Å². The summed E-state index contributed by atoms with van der Waals surface area (Å²) in [6, 6.07) is 1.44. The van der Waals surface area contributed by atoms with E-state index >= 15 is 0 Å². The van der Waals surface area contributed by atoms with Crippen LogP contribution >= 0.6 is 0 Å². The van der Waals surface area contributed by atoms with Crippen LogP contribution in [0.15, 0.2) is 27.6 Å². The van der Waals surface area contributed by atoms with Gasteiger partial charge in [-0.05, 0) is 18.4 Å². The van der Waals surface area contributed by atoms with Crippen molar-refractivity contribution in [1.82, 2.24) is 5.32 Å². The molecule has 1 aromatic heterocycles. The number of unbranched alkanes of at least 4 members (excludes halogenated alkanes) is 3. The van der Waals surface area contributed by atoms with E-state index in [2.05, 4.69) is 18.8 Å². The molecule has 1 N–H and O–H groups in total. The van der Waals surface area contributed by atoms with Gasteiger partial charge in [-0.2, -0.15) is 0 Å². The van der Waals surface area contributed by atoms with Crippen molar-refractivity contribution in [3.05, 3.63) is 45.6 Å². The fourth-order valence-corrected chi connectivity index (χ4v) is 2.39. The summed E-state index contributed by atoms with van der Waals surface area (Å²) in [7, 11) is 0. The van der Waals surface area contributed by atoms with Gasteiger partial charge in [0.1, 0.15) is 5.76 Å². The summed E-state index contributed by atoms with van der Waals surface area (Å²) in [5.74, 6) is 0.243. The molecule has 0 radical (unpaired) electrons. The molecule has 1 amide bonds. The number of carbonyl (C=O) groups is 1. The molecular formula is C15H19NO3. The summed E-state index contributed by atoms with van der Waals surface area (Å²) in [6.45, 7) is 5.87. The predicted molar refractivity (Wildman–Crippen MR) is 73.1 cm³/mol. The minimum atomic E-state index is -0.383. The molecule has 0 saturated carbocycles. The van der Waals surface area contributed by atoms with E-state index in [4.69, 9.17) is 4.42 Å². The van der Waals surface area contributed by atoms with Gasteiger partial charge in [0.05, 0.1) is 5.56 Å². The number of carbonyl (C=O) groups excluding carboxylic acids is 1. The maximum absolute atomic E-state index is 12.0. The largest absolute Gasteiger partial charge is 0.427 e. The smallest absolute Gasteiger partial charge is 0.336 e. The van der Waals surface area contributed by atoms with E-state index in [1.54, 1.807) is 0 Å². The topological polar surface area (TPSA) is 59.3 Å². The maximum Gasteiger partial charge on any atom is 0.336 e. The number of allylic oxidation sites excluding steroid dienone is 1. The highest BCUT2D eigenvalue weighted by molar-refractivity contribution is 5.98. The van der Waals surface area contributed by atoms with Crippen LogP contribution in [0.5, 0.6) is 0 Å². The second-order valence-corrected chi connectivity index (χ2v) is 4.93. The third-order valence-corrected chi connectivity index (χ3v) is 3.31. The molecule has 0 atom stereocenters. The lowest BCUT2D eigenvalue weighted by Crippen LogP contribution is -2.32. The Labute approximate surface area is 112 Å². The van der Waals surface area contributed by atoms with Gasteiger partial charge in [-0.15, -0.1) is 0 Å². The van der Waals surface area contributed by atoms with E-state index in [9.17, 15) is 9.59 Å². The molecule has 2 heterocycles. The van der Waals surface area contributed by atoms with E-state index in [1.165, 1.54) is 12.5 Å². The summed E-state index contributed by atoms with van der Waals surface area (Å²) in [5, 5.41) is 2.70. The van der Waals surface area contributed by atoms with Gasteiger partial charge in [-0.3, -0.25) is 4.79 Å². The fourth-order valence-electron chi connectivity index (χ4n) is 2.39. The molecule has 102 valence electrons. The van der Waals surface area contributed by atoms with Crippen molar-refractivity contribution in [1.29, 1.82) is 0 Å². The average molecular weight is 261 g/mol. The van der Waals surface area contributed by atoms with Crippen molar-refractivity contribution in [3.8, 4) is 0 Å². The zero-order valence-corrected chi connectivity index (χ0v) is 11.3. The number of fused-ring (bicyclic) bond motifs is 1. The molecule has 0 aromatic carbocycles. The Morgan fingerprint density at radius 2 is 2.11 bits per heavy atom. The summed E-state index contributed by atoms with van der Waals surface area (Å²) < 4.78 is 5.13. The summed E-state index contributed by atoms with van der Waals surface area (Å²) in [6.07, 6.45) is 5.58. The van der Waals surface area contributed by atoms with Gasteiger partial charge in [-0.1, -0.05) is 32.8 Å². The first-order valence-electron chi connectivity index (χ1n) is 6.77. The summed E-state index contributed by atoms with van der Waals surface area (Å²) in [4.78, 5) is 23.5. The lowest BCUT2D eigenvalue weighted by Gasteiger charge is -2.19. The molecule has 1 aliphatic heterocycles. The first kappa shape index (κ1) is 13.6. The van der Waals surface area contributed by atoms with Crippen molar-refractivity contribution >= 4 is 5.91 Å². The number of aryl methyl sites for hydroxylation is 1. The Balaban J connectivity index is 2.26. The SMILES string of the molecule is C=C1Cc2oc(=O)cc(CCCCCC)c2C(=O)N1. The lowest BCUT2D eigenvalue weighted by atomic mass is 9.96. The quantitative estimate of drug-likeness (QED) is 0.829. The van der Waals surface area contributed by atoms with Crippen molar-refractivity contribution < 1.29 is 9.21 Å². The van der Waals surface area contributed by atoms with Crippen LogP contribution in [0, 0.1) is 0 Å². The normalized spacial score (nSPS) is 14.2. The van der Waals surface area contributed by atoms with Gasteiger partial charge in [0, 0.05) is 18.2 Å². The molecule has 0 saturated heterocycles. The zero-order valence-electron chi connectivity index (χ0n) is 11.3. The van der Waals surface area contributed by atoms with Crippen molar-refractivity contribution in [2.75, 3.05) is 0 Å². The molecule has 19 heavy (non-hydrogen) atoms. The monoisotopic (exact) mass is 261 g/mol. The maximum atomic E-state index is 12.0. The molecule has 0 bridgehead atoms. The molecule has 1 aliphatic rings. The van der Waals surface area contributed by atoms with Gasteiger partial charge in [0.25, 0.3) is 5.91 Å².